The highest BCUT2D eigenvalue weighted by atomic mass is 19.1. The Balaban J connectivity index is 2.01. The highest BCUT2D eigenvalue weighted by molar-refractivity contribution is 5.86. The Kier molecular flexibility index (Phi) is 3.84. The van der Waals surface area contributed by atoms with Gasteiger partial charge in [-0.3, -0.25) is 4.79 Å². The van der Waals surface area contributed by atoms with Crippen molar-refractivity contribution in [1.29, 1.82) is 0 Å². The first kappa shape index (κ1) is 12.2. The number of piperidine rings is 1. The highest BCUT2D eigenvalue weighted by Gasteiger charge is 2.20. The molecule has 1 heterocycles. The van der Waals surface area contributed by atoms with Crippen LogP contribution in [0.4, 0.5) is 8.78 Å². The molecule has 4 heteroatoms. The molecule has 0 spiro atoms. The van der Waals surface area contributed by atoms with Gasteiger partial charge >= 0.3 is 0 Å². The molecular weight excluding hydrogens is 224 g/mol. The third kappa shape index (κ3) is 3.33. The maximum atomic E-state index is 13.0. The van der Waals surface area contributed by atoms with Crippen molar-refractivity contribution in [1.82, 2.24) is 5.32 Å². The predicted molar refractivity (Wildman–Crippen MR) is 60.7 cm³/mol. The standard InChI is InChI=1S/C13H15F2NO/c14-10-5-9(6-11(15)8-10)7-13(17)12-3-1-2-4-16-12/h5-6,8,12,16H,1-4,7H2. The summed E-state index contributed by atoms with van der Waals surface area (Å²) >= 11 is 0. The van der Waals surface area contributed by atoms with Crippen LogP contribution in [0.5, 0.6) is 0 Å². The Morgan fingerprint density at radius 3 is 2.53 bits per heavy atom. The number of carbonyl (C=O) groups excluding carboxylic acids is 1. The van der Waals surface area contributed by atoms with Gasteiger partial charge in [0.1, 0.15) is 11.6 Å². The molecule has 17 heavy (non-hydrogen) atoms. The largest absolute Gasteiger partial charge is 0.307 e. The first-order valence-corrected chi connectivity index (χ1v) is 5.86. The van der Waals surface area contributed by atoms with E-state index in [1.165, 1.54) is 12.1 Å². The van der Waals surface area contributed by atoms with Crippen LogP contribution in [0.3, 0.4) is 0 Å². The van der Waals surface area contributed by atoms with Crippen LogP contribution in [0.2, 0.25) is 0 Å². The van der Waals surface area contributed by atoms with Crippen molar-refractivity contribution < 1.29 is 13.6 Å². The number of Topliss-reactive ketones (excluding diaryl/α,β-unsaturated/α-hetero) is 1. The molecule has 92 valence electrons. The molecule has 1 aromatic carbocycles. The van der Waals surface area contributed by atoms with Gasteiger partial charge in [0.15, 0.2) is 5.78 Å². The molecule has 1 N–H and O–H groups in total. The monoisotopic (exact) mass is 239 g/mol. The Labute approximate surface area is 99.0 Å². The minimum absolute atomic E-state index is 0.00898. The van der Waals surface area contributed by atoms with Crippen molar-refractivity contribution in [2.75, 3.05) is 6.54 Å². The maximum absolute atomic E-state index is 13.0. The zero-order valence-electron chi connectivity index (χ0n) is 9.51. The van der Waals surface area contributed by atoms with Crippen molar-refractivity contribution in [2.45, 2.75) is 31.7 Å². The van der Waals surface area contributed by atoms with E-state index in [1.54, 1.807) is 0 Å². The molecule has 2 rings (SSSR count). The molecule has 0 aromatic heterocycles. The molecule has 1 atom stereocenters. The molecule has 0 bridgehead atoms. The van der Waals surface area contributed by atoms with Gasteiger partial charge in [-0.25, -0.2) is 8.78 Å². The van der Waals surface area contributed by atoms with Gasteiger partial charge in [0, 0.05) is 12.5 Å². The summed E-state index contributed by atoms with van der Waals surface area (Å²) in [7, 11) is 0. The summed E-state index contributed by atoms with van der Waals surface area (Å²) in [5.74, 6) is -1.26. The lowest BCUT2D eigenvalue weighted by molar-refractivity contribution is -0.120. The normalized spacial score (nSPS) is 20.2. The fourth-order valence-electron chi connectivity index (χ4n) is 2.16. The van der Waals surface area contributed by atoms with E-state index in [2.05, 4.69) is 5.32 Å². The summed E-state index contributed by atoms with van der Waals surface area (Å²) in [5.41, 5.74) is 0.403. The predicted octanol–water partition coefficient (Wildman–Crippen LogP) is 2.22. The van der Waals surface area contributed by atoms with Crippen LogP contribution < -0.4 is 5.32 Å². The molecule has 1 aliphatic heterocycles. The van der Waals surface area contributed by atoms with Gasteiger partial charge in [-0.15, -0.1) is 0 Å². The summed E-state index contributed by atoms with van der Waals surface area (Å²) in [5, 5.41) is 3.13. The Hall–Kier alpha value is -1.29. The SMILES string of the molecule is O=C(Cc1cc(F)cc(F)c1)C1CCCCN1. The van der Waals surface area contributed by atoms with E-state index in [0.717, 1.165) is 31.9 Å². The van der Waals surface area contributed by atoms with Gasteiger partial charge in [0.05, 0.1) is 6.04 Å². The van der Waals surface area contributed by atoms with E-state index in [0.29, 0.717) is 5.56 Å². The summed E-state index contributed by atoms with van der Waals surface area (Å²) < 4.78 is 25.9. The second-order valence-electron chi connectivity index (χ2n) is 4.42. The van der Waals surface area contributed by atoms with Gasteiger partial charge < -0.3 is 5.32 Å². The average Bonchev–Trinajstić information content (AvgIpc) is 2.28. The fourth-order valence-corrected chi connectivity index (χ4v) is 2.16. The molecule has 1 saturated heterocycles. The topological polar surface area (TPSA) is 29.1 Å². The number of benzene rings is 1. The summed E-state index contributed by atoms with van der Waals surface area (Å²) in [4.78, 5) is 11.9. The van der Waals surface area contributed by atoms with Crippen molar-refractivity contribution in [3.8, 4) is 0 Å². The smallest absolute Gasteiger partial charge is 0.154 e. The first-order chi connectivity index (χ1) is 8.15. The number of ketones is 1. The third-order valence-electron chi connectivity index (χ3n) is 3.00. The molecule has 0 radical (unpaired) electrons. The Morgan fingerprint density at radius 2 is 1.94 bits per heavy atom. The molecule has 1 aliphatic rings. The molecule has 0 saturated carbocycles. The van der Waals surface area contributed by atoms with Crippen molar-refractivity contribution >= 4 is 5.78 Å². The highest BCUT2D eigenvalue weighted by Crippen LogP contribution is 2.13. The molecular formula is C13H15F2NO. The number of nitrogens with one attached hydrogen (secondary N) is 1. The van der Waals surface area contributed by atoms with Crippen LogP contribution in [0, 0.1) is 11.6 Å². The van der Waals surface area contributed by atoms with E-state index in [1.807, 2.05) is 0 Å². The van der Waals surface area contributed by atoms with E-state index in [-0.39, 0.29) is 18.2 Å². The number of hydrogen-bond donors (Lipinski definition) is 1. The Morgan fingerprint density at radius 1 is 1.24 bits per heavy atom. The van der Waals surface area contributed by atoms with Gasteiger partial charge in [0.2, 0.25) is 0 Å². The van der Waals surface area contributed by atoms with Gasteiger partial charge in [-0.2, -0.15) is 0 Å². The van der Waals surface area contributed by atoms with Gasteiger partial charge in [-0.1, -0.05) is 6.42 Å². The minimum Gasteiger partial charge on any atom is -0.307 e. The molecule has 0 amide bonds. The van der Waals surface area contributed by atoms with E-state index < -0.39 is 11.6 Å². The average molecular weight is 239 g/mol. The lowest BCUT2D eigenvalue weighted by Gasteiger charge is -2.22. The number of hydrogen-bond acceptors (Lipinski definition) is 2. The van der Waals surface area contributed by atoms with Gasteiger partial charge in [0.25, 0.3) is 0 Å². The molecule has 2 nitrogen and oxygen atoms in total. The van der Waals surface area contributed by atoms with E-state index in [4.69, 9.17) is 0 Å². The van der Waals surface area contributed by atoms with Crippen LogP contribution in [-0.4, -0.2) is 18.4 Å². The van der Waals surface area contributed by atoms with Crippen LogP contribution in [0.15, 0.2) is 18.2 Å². The van der Waals surface area contributed by atoms with Crippen molar-refractivity contribution in [3.05, 3.63) is 35.4 Å². The first-order valence-electron chi connectivity index (χ1n) is 5.86. The van der Waals surface area contributed by atoms with Crippen molar-refractivity contribution in [3.63, 3.8) is 0 Å². The van der Waals surface area contributed by atoms with E-state index >= 15 is 0 Å². The quantitative estimate of drug-likeness (QED) is 0.876. The van der Waals surface area contributed by atoms with Crippen molar-refractivity contribution in [2.24, 2.45) is 0 Å². The molecule has 1 fully saturated rings. The second-order valence-corrected chi connectivity index (χ2v) is 4.42. The van der Waals surface area contributed by atoms with Gasteiger partial charge in [-0.05, 0) is 37.1 Å². The zero-order valence-corrected chi connectivity index (χ0v) is 9.51. The zero-order chi connectivity index (χ0) is 12.3. The molecule has 1 unspecified atom stereocenters. The summed E-state index contributed by atoms with van der Waals surface area (Å²) in [6.45, 7) is 0.841. The number of rotatable bonds is 3. The second kappa shape index (κ2) is 5.36. The molecule has 0 aliphatic carbocycles. The fraction of sp³-hybridized carbons (Fsp3) is 0.462. The van der Waals surface area contributed by atoms with Crippen LogP contribution >= 0.6 is 0 Å². The van der Waals surface area contributed by atoms with E-state index in [9.17, 15) is 13.6 Å². The summed E-state index contributed by atoms with van der Waals surface area (Å²) in [6.07, 6.45) is 3.02. The minimum atomic E-state index is -0.635. The maximum Gasteiger partial charge on any atom is 0.154 e. The van der Waals surface area contributed by atoms with Crippen LogP contribution in [0.25, 0.3) is 0 Å². The number of carbonyl (C=O) groups is 1. The third-order valence-corrected chi connectivity index (χ3v) is 3.00. The van der Waals surface area contributed by atoms with Crippen LogP contribution in [0.1, 0.15) is 24.8 Å². The Bertz CT molecular complexity index is 394. The molecule has 1 aromatic rings. The lowest BCUT2D eigenvalue weighted by Crippen LogP contribution is -2.41. The number of halogens is 2. The summed E-state index contributed by atoms with van der Waals surface area (Å²) in [6, 6.07) is 3.08. The lowest BCUT2D eigenvalue weighted by atomic mass is 9.96. The van der Waals surface area contributed by atoms with Crippen LogP contribution in [-0.2, 0) is 11.2 Å².